The first kappa shape index (κ1) is 23.1. The van der Waals surface area contributed by atoms with Gasteiger partial charge in [0.2, 0.25) is 0 Å². The van der Waals surface area contributed by atoms with Crippen molar-refractivity contribution in [3.63, 3.8) is 0 Å². The minimum atomic E-state index is 0.368. The minimum absolute atomic E-state index is 0.368. The lowest BCUT2D eigenvalue weighted by Gasteiger charge is -2.14. The fourth-order valence-corrected chi connectivity index (χ4v) is 3.88. The Kier molecular flexibility index (Phi) is 8.55. The van der Waals surface area contributed by atoms with Gasteiger partial charge >= 0.3 is 0 Å². The van der Waals surface area contributed by atoms with E-state index >= 15 is 0 Å². The van der Waals surface area contributed by atoms with Gasteiger partial charge in [-0.2, -0.15) is 0 Å². The van der Waals surface area contributed by atoms with Gasteiger partial charge in [0, 0.05) is 32.7 Å². The maximum atomic E-state index is 6.47. The Morgan fingerprint density at radius 2 is 1.57 bits per heavy atom. The first-order chi connectivity index (χ1) is 14.5. The van der Waals surface area contributed by atoms with Crippen LogP contribution in [0.5, 0.6) is 11.5 Å². The van der Waals surface area contributed by atoms with Crippen molar-refractivity contribution in [3.05, 3.63) is 91.4 Å². The zero-order valence-corrected chi connectivity index (χ0v) is 19.4. The molecule has 0 aliphatic heterocycles. The maximum Gasteiger partial charge on any atom is 0.163 e. The molecule has 0 saturated heterocycles. The van der Waals surface area contributed by atoms with E-state index in [-0.39, 0.29) is 0 Å². The van der Waals surface area contributed by atoms with Crippen molar-refractivity contribution in [2.24, 2.45) is 0 Å². The molecule has 0 atom stereocenters. The summed E-state index contributed by atoms with van der Waals surface area (Å²) in [4.78, 5) is 0. The van der Waals surface area contributed by atoms with Gasteiger partial charge < -0.3 is 14.8 Å². The van der Waals surface area contributed by atoms with Gasteiger partial charge in [0.25, 0.3) is 0 Å². The van der Waals surface area contributed by atoms with Crippen LogP contribution in [0.3, 0.4) is 0 Å². The van der Waals surface area contributed by atoms with Gasteiger partial charge in [-0.1, -0.05) is 64.6 Å². The van der Waals surface area contributed by atoms with Gasteiger partial charge in [-0.15, -0.1) is 0 Å². The molecule has 0 heterocycles. The van der Waals surface area contributed by atoms with E-state index in [0.29, 0.717) is 44.7 Å². The average Bonchev–Trinajstić information content (AvgIpc) is 2.72. The molecule has 30 heavy (non-hydrogen) atoms. The number of benzene rings is 3. The molecule has 0 radical (unpaired) electrons. The largest absolute Gasteiger partial charge is 0.493 e. The molecule has 3 aromatic rings. The lowest BCUT2D eigenvalue weighted by atomic mass is 10.1. The Bertz CT molecular complexity index is 1010. The molecule has 0 bridgehead atoms. The van der Waals surface area contributed by atoms with E-state index in [4.69, 9.17) is 55.9 Å². The molecule has 0 spiro atoms. The quantitative estimate of drug-likeness (QED) is 0.325. The highest BCUT2D eigenvalue weighted by Crippen LogP contribution is 2.34. The highest BCUT2D eigenvalue weighted by molar-refractivity contribution is 6.35. The van der Waals surface area contributed by atoms with Gasteiger partial charge in [-0.05, 0) is 60.0 Å². The van der Waals surface area contributed by atoms with Crippen molar-refractivity contribution in [1.29, 1.82) is 0 Å². The molecule has 0 fully saturated rings. The average molecular weight is 485 g/mol. The normalized spacial score (nSPS) is 10.8. The molecule has 0 unspecified atom stereocenters. The Balaban J connectivity index is 1.59. The summed E-state index contributed by atoms with van der Waals surface area (Å²) in [6.45, 7) is 1.70. The zero-order valence-electron chi connectivity index (χ0n) is 16.4. The van der Waals surface area contributed by atoms with Crippen molar-refractivity contribution in [2.45, 2.75) is 19.6 Å². The highest BCUT2D eigenvalue weighted by atomic mass is 35.5. The number of nitrogens with one attached hydrogen (secondary N) is 1. The number of halogens is 4. The van der Waals surface area contributed by atoms with Crippen LogP contribution in [0.4, 0.5) is 0 Å². The van der Waals surface area contributed by atoms with E-state index < -0.39 is 0 Å². The van der Waals surface area contributed by atoms with Gasteiger partial charge in [0.05, 0.1) is 7.11 Å². The van der Waals surface area contributed by atoms with E-state index in [2.05, 4.69) is 5.32 Å². The van der Waals surface area contributed by atoms with Crippen LogP contribution in [-0.2, 0) is 19.6 Å². The molecule has 0 amide bonds. The third-order valence-electron chi connectivity index (χ3n) is 4.52. The summed E-state index contributed by atoms with van der Waals surface area (Å²) in [6.07, 6.45) is 0.783. The first-order valence-corrected chi connectivity index (χ1v) is 10.9. The smallest absolute Gasteiger partial charge is 0.163 e. The second-order valence-electron chi connectivity index (χ2n) is 6.68. The van der Waals surface area contributed by atoms with Crippen LogP contribution in [0.15, 0.2) is 54.6 Å². The summed E-state index contributed by atoms with van der Waals surface area (Å²) < 4.78 is 11.4. The van der Waals surface area contributed by atoms with Crippen LogP contribution in [0.25, 0.3) is 0 Å². The molecular weight excluding hydrogens is 464 g/mol. The first-order valence-electron chi connectivity index (χ1n) is 9.34. The van der Waals surface area contributed by atoms with Crippen molar-refractivity contribution >= 4 is 46.4 Å². The third-order valence-corrected chi connectivity index (χ3v) is 5.69. The fourth-order valence-electron chi connectivity index (χ4n) is 2.94. The van der Waals surface area contributed by atoms with Crippen LogP contribution in [0.2, 0.25) is 20.1 Å². The summed E-state index contributed by atoms with van der Waals surface area (Å²) in [6, 6.07) is 16.7. The lowest BCUT2D eigenvalue weighted by Crippen LogP contribution is -2.17. The molecular formula is C23H21Cl4NO2. The summed E-state index contributed by atoms with van der Waals surface area (Å²) >= 11 is 24.7. The van der Waals surface area contributed by atoms with Gasteiger partial charge in [0.1, 0.15) is 6.61 Å². The minimum Gasteiger partial charge on any atom is -0.493 e. The number of methoxy groups -OCH3 is 1. The van der Waals surface area contributed by atoms with E-state index in [0.717, 1.165) is 29.7 Å². The molecule has 7 heteroatoms. The van der Waals surface area contributed by atoms with Crippen molar-refractivity contribution < 1.29 is 9.47 Å². The molecule has 3 nitrogen and oxygen atoms in total. The molecule has 0 aliphatic carbocycles. The predicted octanol–water partition coefficient (Wildman–Crippen LogP) is 7.22. The Morgan fingerprint density at radius 3 is 2.30 bits per heavy atom. The zero-order chi connectivity index (χ0) is 21.5. The van der Waals surface area contributed by atoms with Crippen LogP contribution in [0.1, 0.15) is 16.7 Å². The fraction of sp³-hybridized carbons (Fsp3) is 0.217. The maximum absolute atomic E-state index is 6.47. The second kappa shape index (κ2) is 11.1. The SMILES string of the molecule is COc1cc(CNCCc2ccc(Cl)cc2Cl)c(Cl)cc1OCc1cccc(Cl)c1. The topological polar surface area (TPSA) is 30.5 Å². The second-order valence-corrected chi connectivity index (χ2v) is 8.36. The highest BCUT2D eigenvalue weighted by Gasteiger charge is 2.11. The van der Waals surface area contributed by atoms with E-state index in [9.17, 15) is 0 Å². The third kappa shape index (κ3) is 6.44. The van der Waals surface area contributed by atoms with Gasteiger partial charge in [-0.25, -0.2) is 0 Å². The van der Waals surface area contributed by atoms with E-state index in [1.807, 2.05) is 42.5 Å². The molecule has 1 N–H and O–H groups in total. The Morgan fingerprint density at radius 1 is 0.800 bits per heavy atom. The molecule has 3 rings (SSSR count). The van der Waals surface area contributed by atoms with Crippen LogP contribution < -0.4 is 14.8 Å². The monoisotopic (exact) mass is 483 g/mol. The van der Waals surface area contributed by atoms with Crippen LogP contribution in [-0.4, -0.2) is 13.7 Å². The van der Waals surface area contributed by atoms with Crippen LogP contribution >= 0.6 is 46.4 Å². The molecule has 0 aliphatic rings. The summed E-state index contributed by atoms with van der Waals surface area (Å²) in [5.41, 5.74) is 2.93. The Hall–Kier alpha value is -1.62. The number of hydrogen-bond donors (Lipinski definition) is 1. The van der Waals surface area contributed by atoms with Gasteiger partial charge in [0.15, 0.2) is 11.5 Å². The van der Waals surface area contributed by atoms with Crippen molar-refractivity contribution in [2.75, 3.05) is 13.7 Å². The van der Waals surface area contributed by atoms with Gasteiger partial charge in [-0.3, -0.25) is 0 Å². The van der Waals surface area contributed by atoms with Crippen LogP contribution in [0, 0.1) is 0 Å². The standard InChI is InChI=1S/C23H21Cl4NO2/c1-29-22-10-17(13-28-8-7-16-5-6-19(25)11-20(16)26)21(27)12-23(22)30-14-15-3-2-4-18(24)9-15/h2-6,9-12,28H,7-8,13-14H2,1H3. The number of hydrogen-bond acceptors (Lipinski definition) is 3. The summed E-state index contributed by atoms with van der Waals surface area (Å²) in [5, 5.41) is 5.96. The predicted molar refractivity (Wildman–Crippen MR) is 126 cm³/mol. The van der Waals surface area contributed by atoms with Crippen molar-refractivity contribution in [3.8, 4) is 11.5 Å². The van der Waals surface area contributed by atoms with E-state index in [1.54, 1.807) is 19.2 Å². The number of rotatable bonds is 9. The van der Waals surface area contributed by atoms with E-state index in [1.165, 1.54) is 0 Å². The molecule has 0 aromatic heterocycles. The number of ether oxygens (including phenoxy) is 2. The van der Waals surface area contributed by atoms with Crippen molar-refractivity contribution in [1.82, 2.24) is 5.32 Å². The Labute approximate surface area is 196 Å². The molecule has 3 aromatic carbocycles. The lowest BCUT2D eigenvalue weighted by molar-refractivity contribution is 0.284. The molecule has 0 saturated carbocycles. The molecule has 158 valence electrons. The summed E-state index contributed by atoms with van der Waals surface area (Å²) in [7, 11) is 1.61. The summed E-state index contributed by atoms with van der Waals surface area (Å²) in [5.74, 6) is 1.21.